The highest BCUT2D eigenvalue weighted by atomic mass is 19.4. The van der Waals surface area contributed by atoms with Gasteiger partial charge in [-0.2, -0.15) is 26.3 Å². The quantitative estimate of drug-likeness (QED) is 0.503. The fourth-order valence-electron chi connectivity index (χ4n) is 3.90. The average Bonchev–Trinajstić information content (AvgIpc) is 3.31. The Kier molecular flexibility index (Phi) is 5.09. The Balaban J connectivity index is 1.61. The number of nitrogens with zero attached hydrogens (tertiary/aromatic N) is 4. The van der Waals surface area contributed by atoms with E-state index >= 15 is 0 Å². The van der Waals surface area contributed by atoms with Gasteiger partial charge in [0.2, 0.25) is 0 Å². The summed E-state index contributed by atoms with van der Waals surface area (Å²) in [7, 11) is 1.49. The summed E-state index contributed by atoms with van der Waals surface area (Å²) >= 11 is 0. The van der Waals surface area contributed by atoms with Crippen LogP contribution in [0.5, 0.6) is 0 Å². The predicted octanol–water partition coefficient (Wildman–Crippen LogP) is 5.23. The summed E-state index contributed by atoms with van der Waals surface area (Å²) in [5.74, 6) is -0.779. The highest BCUT2D eigenvalue weighted by Crippen LogP contribution is 2.49. The lowest BCUT2D eigenvalue weighted by atomic mass is 10.1. The average molecular weight is 446 g/mol. The molecule has 0 amide bonds. The zero-order valence-corrected chi connectivity index (χ0v) is 16.2. The van der Waals surface area contributed by atoms with E-state index in [-0.39, 0.29) is 23.3 Å². The van der Waals surface area contributed by atoms with Gasteiger partial charge >= 0.3 is 12.4 Å². The molecule has 0 aliphatic heterocycles. The molecule has 1 fully saturated rings. The predicted molar refractivity (Wildman–Crippen MR) is 98.3 cm³/mol. The van der Waals surface area contributed by atoms with E-state index in [1.165, 1.54) is 24.1 Å². The molecule has 11 heteroatoms. The van der Waals surface area contributed by atoms with Crippen LogP contribution in [0.4, 0.5) is 36.4 Å². The Morgan fingerprint density at radius 2 is 1.71 bits per heavy atom. The summed E-state index contributed by atoms with van der Waals surface area (Å²) in [5.41, 5.74) is -1.06. The second-order valence-electron chi connectivity index (χ2n) is 7.71. The lowest BCUT2D eigenvalue weighted by Gasteiger charge is -2.24. The van der Waals surface area contributed by atoms with Crippen molar-refractivity contribution < 1.29 is 30.7 Å². The van der Waals surface area contributed by atoms with Gasteiger partial charge < -0.3 is 4.90 Å². The van der Waals surface area contributed by atoms with Crippen molar-refractivity contribution in [2.45, 2.75) is 31.1 Å². The highest BCUT2D eigenvalue weighted by Gasteiger charge is 2.42. The van der Waals surface area contributed by atoms with Crippen LogP contribution in [0.2, 0.25) is 0 Å². The van der Waals surface area contributed by atoms with Crippen LogP contribution in [0.3, 0.4) is 0 Å². The van der Waals surface area contributed by atoms with Gasteiger partial charge in [-0.25, -0.2) is 4.39 Å². The van der Waals surface area contributed by atoms with E-state index in [9.17, 15) is 30.7 Å². The number of benzene rings is 1. The minimum absolute atomic E-state index is 0.0754. The van der Waals surface area contributed by atoms with E-state index in [4.69, 9.17) is 0 Å². The maximum absolute atomic E-state index is 13.9. The maximum atomic E-state index is 13.9. The van der Waals surface area contributed by atoms with Crippen molar-refractivity contribution in [3.8, 4) is 0 Å². The van der Waals surface area contributed by atoms with Crippen LogP contribution in [0.1, 0.15) is 29.3 Å². The van der Waals surface area contributed by atoms with E-state index in [1.54, 1.807) is 12.1 Å². The van der Waals surface area contributed by atoms with Crippen molar-refractivity contribution in [1.82, 2.24) is 14.6 Å². The zero-order chi connectivity index (χ0) is 22.6. The SMILES string of the molecule is CN(C[C@H]1C[C@@H]1c1ccc(F)cc1)c1ccn2c(CC(F)(F)F)nnc2c1C(F)(F)F. The Morgan fingerprint density at radius 1 is 1.03 bits per heavy atom. The van der Waals surface area contributed by atoms with E-state index in [2.05, 4.69) is 10.2 Å². The molecule has 0 N–H and O–H groups in total. The molecule has 4 rings (SSSR count). The fraction of sp³-hybridized carbons (Fsp3) is 0.400. The summed E-state index contributed by atoms with van der Waals surface area (Å²) in [4.78, 5) is 1.43. The molecule has 0 radical (unpaired) electrons. The van der Waals surface area contributed by atoms with Crippen LogP contribution in [0, 0.1) is 11.7 Å². The van der Waals surface area contributed by atoms with Crippen LogP contribution in [-0.4, -0.2) is 34.4 Å². The van der Waals surface area contributed by atoms with E-state index < -0.39 is 35.8 Å². The molecule has 2 aromatic heterocycles. The van der Waals surface area contributed by atoms with Crippen LogP contribution >= 0.6 is 0 Å². The van der Waals surface area contributed by atoms with Gasteiger partial charge in [-0.05, 0) is 42.0 Å². The van der Waals surface area contributed by atoms with Crippen molar-refractivity contribution in [3.05, 3.63) is 59.3 Å². The van der Waals surface area contributed by atoms with Gasteiger partial charge in [0.05, 0.1) is 5.69 Å². The summed E-state index contributed by atoms with van der Waals surface area (Å²) in [6.07, 6.45) is -9.07. The van der Waals surface area contributed by atoms with Crippen LogP contribution < -0.4 is 4.90 Å². The lowest BCUT2D eigenvalue weighted by Crippen LogP contribution is -2.25. The standard InChI is InChI=1S/C20H17F7N4/c1-30(10-12-8-14(12)11-2-4-13(21)5-3-11)15-6-7-31-16(9-19(22,23)24)28-29-18(31)17(15)20(25,26)27/h2-7,12,14H,8-10H2,1H3/t12-,14-/m1/s1. The molecule has 1 aliphatic rings. The van der Waals surface area contributed by atoms with Gasteiger partial charge in [0, 0.05) is 19.8 Å². The minimum Gasteiger partial charge on any atom is -0.374 e. The summed E-state index contributed by atoms with van der Waals surface area (Å²) in [6, 6.07) is 7.13. The lowest BCUT2D eigenvalue weighted by molar-refractivity contribution is -0.136. The van der Waals surface area contributed by atoms with Gasteiger partial charge in [0.1, 0.15) is 23.6 Å². The molecular formula is C20H17F7N4. The van der Waals surface area contributed by atoms with Crippen LogP contribution in [0.15, 0.2) is 36.5 Å². The Hall–Kier alpha value is -2.85. The molecule has 0 bridgehead atoms. The first-order chi connectivity index (χ1) is 14.4. The molecule has 1 saturated carbocycles. The molecule has 31 heavy (non-hydrogen) atoms. The summed E-state index contributed by atoms with van der Waals surface area (Å²) < 4.78 is 93.5. The Labute approximate surface area is 172 Å². The number of hydrogen-bond donors (Lipinski definition) is 0. The Bertz CT molecular complexity index is 1090. The third-order valence-corrected chi connectivity index (χ3v) is 5.41. The maximum Gasteiger partial charge on any atom is 0.422 e. The minimum atomic E-state index is -4.84. The number of hydrogen-bond acceptors (Lipinski definition) is 3. The summed E-state index contributed by atoms with van der Waals surface area (Å²) in [5, 5.41) is 6.74. The van der Waals surface area contributed by atoms with E-state index in [0.717, 1.165) is 28.6 Å². The topological polar surface area (TPSA) is 33.4 Å². The molecule has 0 saturated heterocycles. The van der Waals surface area contributed by atoms with Crippen molar-refractivity contribution in [3.63, 3.8) is 0 Å². The molecular weight excluding hydrogens is 429 g/mol. The second kappa shape index (κ2) is 7.38. The smallest absolute Gasteiger partial charge is 0.374 e. The highest BCUT2D eigenvalue weighted by molar-refractivity contribution is 5.66. The Morgan fingerprint density at radius 3 is 2.32 bits per heavy atom. The first-order valence-corrected chi connectivity index (χ1v) is 9.41. The molecule has 2 heterocycles. The molecule has 2 atom stereocenters. The third kappa shape index (κ3) is 4.45. The fourth-order valence-corrected chi connectivity index (χ4v) is 3.90. The number of halogens is 7. The van der Waals surface area contributed by atoms with E-state index in [1.807, 2.05) is 0 Å². The van der Waals surface area contributed by atoms with Gasteiger partial charge in [-0.1, -0.05) is 12.1 Å². The monoisotopic (exact) mass is 446 g/mol. The van der Waals surface area contributed by atoms with Gasteiger partial charge in [0.25, 0.3) is 0 Å². The normalized spacial score (nSPS) is 19.1. The summed E-state index contributed by atoms with van der Waals surface area (Å²) in [6.45, 7) is 0.296. The number of pyridine rings is 1. The first kappa shape index (κ1) is 21.4. The molecule has 0 spiro atoms. The molecule has 4 nitrogen and oxygen atoms in total. The van der Waals surface area contributed by atoms with Crippen molar-refractivity contribution >= 4 is 11.3 Å². The van der Waals surface area contributed by atoms with Crippen LogP contribution in [-0.2, 0) is 12.6 Å². The molecule has 1 aromatic carbocycles. The number of rotatable bonds is 5. The van der Waals surface area contributed by atoms with E-state index in [0.29, 0.717) is 6.54 Å². The van der Waals surface area contributed by atoms with Crippen molar-refractivity contribution in [2.75, 3.05) is 18.5 Å². The molecule has 166 valence electrons. The van der Waals surface area contributed by atoms with Gasteiger partial charge in [-0.3, -0.25) is 4.40 Å². The molecule has 1 aliphatic carbocycles. The number of fused-ring (bicyclic) bond motifs is 1. The van der Waals surface area contributed by atoms with Gasteiger partial charge in [-0.15, -0.1) is 10.2 Å². The number of aromatic nitrogens is 3. The molecule has 0 unspecified atom stereocenters. The van der Waals surface area contributed by atoms with Crippen molar-refractivity contribution in [1.29, 1.82) is 0 Å². The van der Waals surface area contributed by atoms with Gasteiger partial charge in [0.15, 0.2) is 5.65 Å². The number of anilines is 1. The van der Waals surface area contributed by atoms with Crippen molar-refractivity contribution in [2.24, 2.45) is 5.92 Å². The second-order valence-corrected chi connectivity index (χ2v) is 7.71. The van der Waals surface area contributed by atoms with Crippen LogP contribution in [0.25, 0.3) is 5.65 Å². The third-order valence-electron chi connectivity index (χ3n) is 5.41. The number of alkyl halides is 6. The largest absolute Gasteiger partial charge is 0.422 e. The zero-order valence-electron chi connectivity index (χ0n) is 16.2. The first-order valence-electron chi connectivity index (χ1n) is 9.41. The molecule has 3 aromatic rings.